The van der Waals surface area contributed by atoms with E-state index in [0.29, 0.717) is 10.0 Å². The van der Waals surface area contributed by atoms with Gasteiger partial charge in [0.15, 0.2) is 0 Å². The molecule has 0 amide bonds. The molecule has 0 atom stereocenters. The van der Waals surface area contributed by atoms with Gasteiger partial charge in [0, 0.05) is 6.07 Å². The molecule has 2 aromatic carbocycles. The maximum atomic E-state index is 13.0. The lowest BCUT2D eigenvalue weighted by Gasteiger charge is -2.01. The number of hydrogen-bond donors (Lipinski definition) is 1. The van der Waals surface area contributed by atoms with Crippen molar-refractivity contribution in [3.05, 3.63) is 68.4 Å². The van der Waals surface area contributed by atoms with Gasteiger partial charge in [0.2, 0.25) is 0 Å². The van der Waals surface area contributed by atoms with Crippen molar-refractivity contribution in [2.75, 3.05) is 5.43 Å². The first kappa shape index (κ1) is 14.1. The zero-order valence-electron chi connectivity index (χ0n) is 10.1. The molecule has 0 spiro atoms. The van der Waals surface area contributed by atoms with E-state index in [2.05, 4.69) is 26.5 Å². The monoisotopic (exact) mass is 337 g/mol. The van der Waals surface area contributed by atoms with Crippen molar-refractivity contribution >= 4 is 33.5 Å². The normalized spacial score (nSPS) is 10.7. The van der Waals surface area contributed by atoms with Crippen LogP contribution in [-0.4, -0.2) is 11.1 Å². The third-order valence-electron chi connectivity index (χ3n) is 2.44. The smallest absolute Gasteiger partial charge is 0.272 e. The van der Waals surface area contributed by atoms with E-state index in [1.165, 1.54) is 18.3 Å². The number of nitro groups is 1. The Bertz CT molecular complexity index is 676. The fourth-order valence-electron chi connectivity index (χ4n) is 1.50. The number of nitro benzene ring substituents is 1. The van der Waals surface area contributed by atoms with Gasteiger partial charge < -0.3 is 0 Å². The Morgan fingerprint density at radius 3 is 2.75 bits per heavy atom. The summed E-state index contributed by atoms with van der Waals surface area (Å²) in [6.45, 7) is 0. The number of nitrogens with one attached hydrogen (secondary N) is 1. The summed E-state index contributed by atoms with van der Waals surface area (Å²) >= 11 is 3.07. The van der Waals surface area contributed by atoms with Gasteiger partial charge in [-0.15, -0.1) is 0 Å². The van der Waals surface area contributed by atoms with Crippen LogP contribution in [0.15, 0.2) is 52.0 Å². The number of benzene rings is 2. The van der Waals surface area contributed by atoms with Crippen molar-refractivity contribution in [3.63, 3.8) is 0 Å². The Hall–Kier alpha value is -2.28. The van der Waals surface area contributed by atoms with Crippen LogP contribution in [0, 0.1) is 15.9 Å². The Balaban J connectivity index is 2.14. The third-order valence-corrected chi connectivity index (χ3v) is 3.05. The minimum absolute atomic E-state index is 0.0649. The van der Waals surface area contributed by atoms with Crippen LogP contribution in [-0.2, 0) is 0 Å². The topological polar surface area (TPSA) is 67.5 Å². The molecule has 2 rings (SSSR count). The molecule has 2 aromatic rings. The summed E-state index contributed by atoms with van der Waals surface area (Å²) in [5.74, 6) is -0.367. The number of hydrogen-bond acceptors (Lipinski definition) is 4. The van der Waals surface area contributed by atoms with Gasteiger partial charge in [0.1, 0.15) is 11.5 Å². The molecule has 7 heteroatoms. The van der Waals surface area contributed by atoms with E-state index in [1.54, 1.807) is 30.3 Å². The number of halogens is 2. The number of anilines is 1. The fourth-order valence-corrected chi connectivity index (χ4v) is 1.89. The van der Waals surface area contributed by atoms with Crippen molar-refractivity contribution < 1.29 is 9.31 Å². The second-order valence-corrected chi connectivity index (χ2v) is 4.67. The molecular weight excluding hydrogens is 329 g/mol. The number of nitrogens with zero attached hydrogens (tertiary/aromatic N) is 2. The van der Waals surface area contributed by atoms with Crippen LogP contribution in [0.4, 0.5) is 15.8 Å². The Labute approximate surface area is 122 Å². The number of rotatable bonds is 4. The minimum atomic E-state index is -0.494. The summed E-state index contributed by atoms with van der Waals surface area (Å²) in [7, 11) is 0. The first-order valence-corrected chi connectivity index (χ1v) is 6.35. The molecule has 0 saturated carbocycles. The van der Waals surface area contributed by atoms with Crippen molar-refractivity contribution in [1.29, 1.82) is 0 Å². The summed E-state index contributed by atoms with van der Waals surface area (Å²) < 4.78 is 13.4. The van der Waals surface area contributed by atoms with Crippen LogP contribution in [0.3, 0.4) is 0 Å². The van der Waals surface area contributed by atoms with Gasteiger partial charge in [-0.3, -0.25) is 15.5 Å². The summed E-state index contributed by atoms with van der Waals surface area (Å²) in [5, 5.41) is 14.7. The minimum Gasteiger partial charge on any atom is -0.272 e. The molecule has 0 aliphatic rings. The van der Waals surface area contributed by atoms with E-state index in [4.69, 9.17) is 0 Å². The quantitative estimate of drug-likeness (QED) is 0.522. The van der Waals surface area contributed by atoms with E-state index in [1.807, 2.05) is 0 Å². The zero-order chi connectivity index (χ0) is 14.5. The van der Waals surface area contributed by atoms with Gasteiger partial charge in [-0.2, -0.15) is 5.10 Å². The van der Waals surface area contributed by atoms with Gasteiger partial charge in [0.05, 0.1) is 15.6 Å². The first-order chi connectivity index (χ1) is 9.58. The summed E-state index contributed by atoms with van der Waals surface area (Å²) in [6, 6.07) is 10.6. The molecule has 20 heavy (non-hydrogen) atoms. The lowest BCUT2D eigenvalue weighted by atomic mass is 10.2. The first-order valence-electron chi connectivity index (χ1n) is 5.55. The molecular formula is C13H9BrFN3O2. The van der Waals surface area contributed by atoms with Gasteiger partial charge in [-0.25, -0.2) is 4.39 Å². The van der Waals surface area contributed by atoms with Gasteiger partial charge in [-0.05, 0) is 39.7 Å². The van der Waals surface area contributed by atoms with E-state index in [0.717, 1.165) is 0 Å². The zero-order valence-corrected chi connectivity index (χ0v) is 11.7. The molecule has 1 N–H and O–H groups in total. The lowest BCUT2D eigenvalue weighted by Crippen LogP contribution is -1.96. The standard InChI is InChI=1S/C13H9BrFN3O2/c14-10-7-9(5-6-11(10)15)8-16-17-12-3-1-2-4-13(12)18(19)20/h1-8,17H/b16-8-. The van der Waals surface area contributed by atoms with Crippen LogP contribution in [0.5, 0.6) is 0 Å². The maximum absolute atomic E-state index is 13.0. The number of para-hydroxylation sites is 2. The Morgan fingerprint density at radius 2 is 2.05 bits per heavy atom. The summed E-state index contributed by atoms with van der Waals surface area (Å²) in [5.41, 5.74) is 3.47. The van der Waals surface area contributed by atoms with Gasteiger partial charge in [0.25, 0.3) is 5.69 Å². The molecule has 102 valence electrons. The fraction of sp³-hybridized carbons (Fsp3) is 0. The summed E-state index contributed by atoms with van der Waals surface area (Å²) in [6.07, 6.45) is 1.45. The molecule has 0 unspecified atom stereocenters. The highest BCUT2D eigenvalue weighted by Gasteiger charge is 2.10. The lowest BCUT2D eigenvalue weighted by molar-refractivity contribution is -0.384. The molecule has 5 nitrogen and oxygen atoms in total. The molecule has 0 radical (unpaired) electrons. The van der Waals surface area contributed by atoms with Gasteiger partial charge in [-0.1, -0.05) is 18.2 Å². The molecule has 0 heterocycles. The molecule has 0 aliphatic heterocycles. The highest BCUT2D eigenvalue weighted by molar-refractivity contribution is 9.10. The molecule has 0 saturated heterocycles. The van der Waals surface area contributed by atoms with Gasteiger partial charge >= 0.3 is 0 Å². The van der Waals surface area contributed by atoms with Crippen LogP contribution < -0.4 is 5.43 Å². The largest absolute Gasteiger partial charge is 0.294 e. The number of hydrazone groups is 1. The molecule has 0 fully saturated rings. The Kier molecular flexibility index (Phi) is 4.41. The predicted molar refractivity (Wildman–Crippen MR) is 78.4 cm³/mol. The van der Waals surface area contributed by atoms with Crippen molar-refractivity contribution in [1.82, 2.24) is 0 Å². The second-order valence-electron chi connectivity index (χ2n) is 3.82. The molecule has 0 aliphatic carbocycles. The van der Waals surface area contributed by atoms with Crippen LogP contribution >= 0.6 is 15.9 Å². The predicted octanol–water partition coefficient (Wildman–Crippen LogP) is 3.94. The van der Waals surface area contributed by atoms with Crippen LogP contribution in [0.25, 0.3) is 0 Å². The molecule has 0 bridgehead atoms. The van der Waals surface area contributed by atoms with E-state index >= 15 is 0 Å². The SMILES string of the molecule is O=[N+]([O-])c1ccccc1N/N=C\c1ccc(F)c(Br)c1. The average Bonchev–Trinajstić information content (AvgIpc) is 2.43. The highest BCUT2D eigenvalue weighted by atomic mass is 79.9. The van der Waals surface area contributed by atoms with Crippen molar-refractivity contribution in [2.45, 2.75) is 0 Å². The van der Waals surface area contributed by atoms with E-state index in [9.17, 15) is 14.5 Å². The van der Waals surface area contributed by atoms with Crippen LogP contribution in [0.1, 0.15) is 5.56 Å². The third kappa shape index (κ3) is 3.39. The van der Waals surface area contributed by atoms with E-state index < -0.39 is 4.92 Å². The maximum Gasteiger partial charge on any atom is 0.294 e. The second kappa shape index (κ2) is 6.25. The Morgan fingerprint density at radius 1 is 1.30 bits per heavy atom. The van der Waals surface area contributed by atoms with Crippen molar-refractivity contribution in [2.24, 2.45) is 5.10 Å². The molecule has 0 aromatic heterocycles. The van der Waals surface area contributed by atoms with Crippen LogP contribution in [0.2, 0.25) is 0 Å². The van der Waals surface area contributed by atoms with E-state index in [-0.39, 0.29) is 17.2 Å². The summed E-state index contributed by atoms with van der Waals surface area (Å²) in [4.78, 5) is 10.3. The van der Waals surface area contributed by atoms with Crippen molar-refractivity contribution in [3.8, 4) is 0 Å². The highest BCUT2D eigenvalue weighted by Crippen LogP contribution is 2.23. The average molecular weight is 338 g/mol.